The van der Waals surface area contributed by atoms with Gasteiger partial charge in [0.2, 0.25) is 6.79 Å². The lowest BCUT2D eigenvalue weighted by molar-refractivity contribution is 0.102. The third-order valence-corrected chi connectivity index (χ3v) is 6.46. The molecular formula is C26H25N5O4. The number of nitrogens with zero attached hydrogens (tertiary/aromatic N) is 4. The lowest BCUT2D eigenvalue weighted by Gasteiger charge is -2.34. The Bertz CT molecular complexity index is 1410. The van der Waals surface area contributed by atoms with Crippen molar-refractivity contribution in [3.63, 3.8) is 0 Å². The molecule has 0 spiro atoms. The number of ether oxygens (including phenoxy) is 2. The predicted octanol–water partition coefficient (Wildman–Crippen LogP) is 3.93. The fourth-order valence-electron chi connectivity index (χ4n) is 4.51. The van der Waals surface area contributed by atoms with Crippen molar-refractivity contribution in [2.45, 2.75) is 6.92 Å². The number of benzene rings is 2. The Morgan fingerprint density at radius 2 is 1.74 bits per heavy atom. The molecule has 0 radical (unpaired) electrons. The number of likely N-dealkylation sites (N-methyl/N-ethyl adjacent to an activating group) is 1. The largest absolute Gasteiger partial charge is 0.454 e. The quantitative estimate of drug-likeness (QED) is 0.479. The molecule has 9 heteroatoms. The Balaban J connectivity index is 1.29. The maximum atomic E-state index is 13.4. The molecule has 1 N–H and O–H groups in total. The summed E-state index contributed by atoms with van der Waals surface area (Å²) in [5, 5.41) is 7.80. The van der Waals surface area contributed by atoms with E-state index in [1.165, 1.54) is 0 Å². The van der Waals surface area contributed by atoms with Crippen LogP contribution in [-0.4, -0.2) is 61.0 Å². The SMILES string of the molecule is Cc1cc(C(=O)Nc2ccc(N3CCN(C)CC3)cc2)c2c(-c3ccc4c(c3)OCO4)noc2n1. The molecule has 0 atom stereocenters. The van der Waals surface area contributed by atoms with Gasteiger partial charge in [-0.1, -0.05) is 5.16 Å². The maximum absolute atomic E-state index is 13.4. The molecule has 6 rings (SSSR count). The fraction of sp³-hybridized carbons (Fsp3) is 0.269. The zero-order valence-corrected chi connectivity index (χ0v) is 19.6. The summed E-state index contributed by atoms with van der Waals surface area (Å²) in [4.78, 5) is 22.5. The van der Waals surface area contributed by atoms with Gasteiger partial charge in [0.05, 0.1) is 10.9 Å². The van der Waals surface area contributed by atoms with Crippen LogP contribution in [0, 0.1) is 6.92 Å². The highest BCUT2D eigenvalue weighted by Gasteiger charge is 2.23. The zero-order valence-electron chi connectivity index (χ0n) is 19.6. The average molecular weight is 472 g/mol. The molecule has 2 aromatic carbocycles. The molecule has 35 heavy (non-hydrogen) atoms. The van der Waals surface area contributed by atoms with Crippen LogP contribution >= 0.6 is 0 Å². The topological polar surface area (TPSA) is 93.0 Å². The molecule has 178 valence electrons. The van der Waals surface area contributed by atoms with Gasteiger partial charge in [-0.15, -0.1) is 0 Å². The summed E-state index contributed by atoms with van der Waals surface area (Å²) in [5.41, 5.74) is 4.59. The molecule has 1 fully saturated rings. The number of fused-ring (bicyclic) bond motifs is 2. The second-order valence-corrected chi connectivity index (χ2v) is 8.88. The van der Waals surface area contributed by atoms with Crippen molar-refractivity contribution in [3.8, 4) is 22.8 Å². The Morgan fingerprint density at radius 1 is 0.971 bits per heavy atom. The molecule has 0 saturated carbocycles. The molecule has 0 unspecified atom stereocenters. The minimum Gasteiger partial charge on any atom is -0.454 e. The van der Waals surface area contributed by atoms with E-state index in [1.807, 2.05) is 49.4 Å². The Labute approximate surface area is 202 Å². The number of carbonyl (C=O) groups is 1. The molecule has 2 aromatic heterocycles. The molecule has 4 aromatic rings. The number of rotatable bonds is 4. The normalized spacial score (nSPS) is 15.5. The standard InChI is InChI=1S/C26H25N5O4/c1-16-13-20(25(32)28-18-4-6-19(7-5-18)31-11-9-30(2)10-12-31)23-24(29-35-26(23)27-16)17-3-8-21-22(14-17)34-15-33-21/h3-8,13-14H,9-12,15H2,1-2H3,(H,28,32). The van der Waals surface area contributed by atoms with E-state index in [1.54, 1.807) is 6.07 Å². The lowest BCUT2D eigenvalue weighted by Crippen LogP contribution is -2.44. The van der Waals surface area contributed by atoms with Crippen molar-refractivity contribution >= 4 is 28.4 Å². The van der Waals surface area contributed by atoms with Gasteiger partial charge < -0.3 is 29.1 Å². The van der Waals surface area contributed by atoms with Gasteiger partial charge >= 0.3 is 0 Å². The number of hydrogen-bond acceptors (Lipinski definition) is 8. The monoisotopic (exact) mass is 471 g/mol. The van der Waals surface area contributed by atoms with Crippen LogP contribution < -0.4 is 19.7 Å². The van der Waals surface area contributed by atoms with Crippen LogP contribution in [0.1, 0.15) is 16.1 Å². The van der Waals surface area contributed by atoms with Gasteiger partial charge in [-0.05, 0) is 62.5 Å². The minimum absolute atomic E-state index is 0.181. The van der Waals surface area contributed by atoms with Crippen molar-refractivity contribution in [1.82, 2.24) is 15.0 Å². The van der Waals surface area contributed by atoms with Crippen LogP contribution in [0.5, 0.6) is 11.5 Å². The molecule has 0 aliphatic carbocycles. The van der Waals surface area contributed by atoms with Gasteiger partial charge in [0, 0.05) is 48.8 Å². The predicted molar refractivity (Wildman–Crippen MR) is 132 cm³/mol. The number of amides is 1. The van der Waals surface area contributed by atoms with E-state index in [2.05, 4.69) is 32.3 Å². The highest BCUT2D eigenvalue weighted by atomic mass is 16.7. The highest BCUT2D eigenvalue weighted by molar-refractivity contribution is 6.14. The van der Waals surface area contributed by atoms with Gasteiger partial charge in [-0.25, -0.2) is 4.98 Å². The average Bonchev–Trinajstić information content (AvgIpc) is 3.51. The van der Waals surface area contributed by atoms with Crippen molar-refractivity contribution in [1.29, 1.82) is 0 Å². The van der Waals surface area contributed by atoms with E-state index < -0.39 is 0 Å². The number of anilines is 2. The third-order valence-electron chi connectivity index (χ3n) is 6.46. The van der Waals surface area contributed by atoms with Gasteiger partial charge in [-0.2, -0.15) is 0 Å². The first kappa shape index (κ1) is 21.4. The van der Waals surface area contributed by atoms with Crippen molar-refractivity contribution in [2.75, 3.05) is 50.2 Å². The number of nitrogens with one attached hydrogen (secondary N) is 1. The van der Waals surface area contributed by atoms with Gasteiger partial charge in [0.1, 0.15) is 5.69 Å². The number of aryl methyl sites for hydroxylation is 1. The van der Waals surface area contributed by atoms with Crippen LogP contribution in [0.25, 0.3) is 22.4 Å². The smallest absolute Gasteiger partial charge is 0.259 e. The van der Waals surface area contributed by atoms with Crippen molar-refractivity contribution in [3.05, 3.63) is 59.8 Å². The van der Waals surface area contributed by atoms with Crippen LogP contribution in [-0.2, 0) is 0 Å². The number of piperazine rings is 1. The highest BCUT2D eigenvalue weighted by Crippen LogP contribution is 2.38. The Kier molecular flexibility index (Phi) is 5.26. The summed E-state index contributed by atoms with van der Waals surface area (Å²) in [6.07, 6.45) is 0. The van der Waals surface area contributed by atoms with Crippen LogP contribution in [0.2, 0.25) is 0 Å². The Morgan fingerprint density at radius 3 is 2.54 bits per heavy atom. The van der Waals surface area contributed by atoms with E-state index in [0.717, 1.165) is 43.1 Å². The fourth-order valence-corrected chi connectivity index (χ4v) is 4.51. The molecule has 2 aliphatic rings. The molecule has 1 amide bonds. The van der Waals surface area contributed by atoms with Crippen molar-refractivity contribution < 1.29 is 18.8 Å². The first-order chi connectivity index (χ1) is 17.0. The van der Waals surface area contributed by atoms with E-state index >= 15 is 0 Å². The minimum atomic E-state index is -0.252. The van der Waals surface area contributed by atoms with Crippen molar-refractivity contribution in [2.24, 2.45) is 0 Å². The maximum Gasteiger partial charge on any atom is 0.259 e. The summed E-state index contributed by atoms with van der Waals surface area (Å²) in [7, 11) is 2.14. The second-order valence-electron chi connectivity index (χ2n) is 8.88. The number of hydrogen-bond donors (Lipinski definition) is 1. The molecule has 9 nitrogen and oxygen atoms in total. The van der Waals surface area contributed by atoms with Crippen LogP contribution in [0.4, 0.5) is 11.4 Å². The van der Waals surface area contributed by atoms with Gasteiger partial charge in [-0.3, -0.25) is 4.79 Å². The molecule has 4 heterocycles. The van der Waals surface area contributed by atoms with E-state index in [0.29, 0.717) is 39.6 Å². The lowest BCUT2D eigenvalue weighted by atomic mass is 10.0. The summed E-state index contributed by atoms with van der Waals surface area (Å²) >= 11 is 0. The number of aromatic nitrogens is 2. The molecule has 2 aliphatic heterocycles. The first-order valence-corrected chi connectivity index (χ1v) is 11.6. The van der Waals surface area contributed by atoms with Crippen LogP contribution in [0.3, 0.4) is 0 Å². The first-order valence-electron chi connectivity index (χ1n) is 11.6. The van der Waals surface area contributed by atoms with E-state index in [-0.39, 0.29) is 12.7 Å². The molecule has 0 bridgehead atoms. The molecular weight excluding hydrogens is 446 g/mol. The van der Waals surface area contributed by atoms with Gasteiger partial charge in [0.25, 0.3) is 11.6 Å². The van der Waals surface area contributed by atoms with E-state index in [4.69, 9.17) is 14.0 Å². The van der Waals surface area contributed by atoms with E-state index in [9.17, 15) is 4.79 Å². The third kappa shape index (κ3) is 4.04. The second kappa shape index (κ2) is 8.59. The Hall–Kier alpha value is -4.11. The van der Waals surface area contributed by atoms with Gasteiger partial charge in [0.15, 0.2) is 11.5 Å². The number of carbonyl (C=O) groups excluding carboxylic acids is 1. The molecule has 1 saturated heterocycles. The number of pyridine rings is 1. The zero-order chi connectivity index (χ0) is 23.9. The summed E-state index contributed by atoms with van der Waals surface area (Å²) in [6, 6.07) is 15.2. The summed E-state index contributed by atoms with van der Waals surface area (Å²) in [6.45, 7) is 6.07. The summed E-state index contributed by atoms with van der Waals surface area (Å²) in [5.74, 6) is 1.05. The van der Waals surface area contributed by atoms with Crippen LogP contribution in [0.15, 0.2) is 53.1 Å². The summed E-state index contributed by atoms with van der Waals surface area (Å²) < 4.78 is 16.4.